The molecule has 0 aliphatic carbocycles. The SMILES string of the molecule is COC(=O)c1cccc(O)c1C(=O)c1c(O)cc(C(=O)OC2CC3CCC(C2NC(=O)c2ccc(O)cc2)N3C)cc1O. The van der Waals surface area contributed by atoms with Crippen LogP contribution in [0.4, 0.5) is 0 Å². The first-order valence-electron chi connectivity index (χ1n) is 13.5. The highest BCUT2D eigenvalue weighted by Crippen LogP contribution is 2.38. The van der Waals surface area contributed by atoms with Crippen LogP contribution in [0.3, 0.4) is 0 Å². The van der Waals surface area contributed by atoms with Crippen molar-refractivity contribution in [2.75, 3.05) is 14.2 Å². The van der Waals surface area contributed by atoms with Gasteiger partial charge in [-0.1, -0.05) is 6.07 Å². The summed E-state index contributed by atoms with van der Waals surface area (Å²) in [4.78, 5) is 53.9. The van der Waals surface area contributed by atoms with Crippen molar-refractivity contribution in [3.8, 4) is 23.0 Å². The van der Waals surface area contributed by atoms with Crippen molar-refractivity contribution in [3.63, 3.8) is 0 Å². The zero-order valence-corrected chi connectivity index (χ0v) is 23.3. The molecule has 224 valence electrons. The van der Waals surface area contributed by atoms with E-state index in [2.05, 4.69) is 15.0 Å². The molecule has 12 heteroatoms. The van der Waals surface area contributed by atoms with Crippen LogP contribution in [0.1, 0.15) is 66.3 Å². The van der Waals surface area contributed by atoms with Gasteiger partial charge >= 0.3 is 11.9 Å². The highest BCUT2D eigenvalue weighted by Gasteiger charge is 2.48. The second-order valence-corrected chi connectivity index (χ2v) is 10.6. The van der Waals surface area contributed by atoms with E-state index in [4.69, 9.17) is 4.74 Å². The van der Waals surface area contributed by atoms with Gasteiger partial charge < -0.3 is 35.2 Å². The number of phenols is 4. The van der Waals surface area contributed by atoms with Crippen molar-refractivity contribution in [2.45, 2.75) is 43.5 Å². The lowest BCUT2D eigenvalue weighted by molar-refractivity contribution is -0.0182. The van der Waals surface area contributed by atoms with Crippen molar-refractivity contribution in [1.29, 1.82) is 0 Å². The van der Waals surface area contributed by atoms with E-state index in [0.717, 1.165) is 38.2 Å². The highest BCUT2D eigenvalue weighted by atomic mass is 16.5. The highest BCUT2D eigenvalue weighted by molar-refractivity contribution is 6.18. The first kappa shape index (κ1) is 29.4. The van der Waals surface area contributed by atoms with Crippen LogP contribution >= 0.6 is 0 Å². The molecule has 2 heterocycles. The molecule has 2 aliphatic heterocycles. The normalized spacial score (nSPS) is 21.2. The van der Waals surface area contributed by atoms with Crippen LogP contribution in [0.2, 0.25) is 0 Å². The van der Waals surface area contributed by atoms with Crippen molar-refractivity contribution in [1.82, 2.24) is 10.2 Å². The average molecular weight is 591 g/mol. The molecule has 2 saturated heterocycles. The quantitative estimate of drug-likeness (QED) is 0.201. The summed E-state index contributed by atoms with van der Waals surface area (Å²) in [5.74, 6) is -5.42. The number of aromatic hydroxyl groups is 4. The van der Waals surface area contributed by atoms with E-state index in [-0.39, 0.29) is 29.0 Å². The third-order valence-electron chi connectivity index (χ3n) is 8.13. The number of benzene rings is 3. The van der Waals surface area contributed by atoms with Gasteiger partial charge in [0, 0.05) is 24.1 Å². The summed E-state index contributed by atoms with van der Waals surface area (Å²) in [5, 5.41) is 44.2. The maximum atomic E-state index is 13.3. The minimum Gasteiger partial charge on any atom is -0.508 e. The summed E-state index contributed by atoms with van der Waals surface area (Å²) in [5.41, 5.74) is -1.36. The summed E-state index contributed by atoms with van der Waals surface area (Å²) < 4.78 is 10.5. The van der Waals surface area contributed by atoms with Crippen LogP contribution in [0.5, 0.6) is 23.0 Å². The van der Waals surface area contributed by atoms with Crippen molar-refractivity contribution >= 4 is 23.6 Å². The number of rotatable bonds is 7. The fraction of sp³-hybridized carbons (Fsp3) is 0.290. The molecule has 2 fully saturated rings. The second-order valence-electron chi connectivity index (χ2n) is 10.6. The van der Waals surface area contributed by atoms with E-state index in [9.17, 15) is 39.6 Å². The number of hydrogen-bond donors (Lipinski definition) is 5. The van der Waals surface area contributed by atoms with Gasteiger partial charge in [-0.3, -0.25) is 14.5 Å². The number of likely N-dealkylation sites (N-methyl/N-ethyl adjacent to an activating group) is 1. The molecule has 4 unspecified atom stereocenters. The van der Waals surface area contributed by atoms with Gasteiger partial charge in [0.1, 0.15) is 34.7 Å². The Balaban J connectivity index is 1.39. The molecule has 43 heavy (non-hydrogen) atoms. The number of piperidine rings is 1. The van der Waals surface area contributed by atoms with E-state index in [0.29, 0.717) is 12.0 Å². The molecule has 5 rings (SSSR count). The fourth-order valence-corrected chi connectivity index (χ4v) is 5.93. The van der Waals surface area contributed by atoms with E-state index in [1.54, 1.807) is 0 Å². The zero-order chi connectivity index (χ0) is 31.0. The molecule has 0 spiro atoms. The Morgan fingerprint density at radius 2 is 1.51 bits per heavy atom. The van der Waals surface area contributed by atoms with Gasteiger partial charge in [0.25, 0.3) is 5.91 Å². The molecule has 1 amide bonds. The number of methoxy groups -OCH3 is 1. The smallest absolute Gasteiger partial charge is 0.338 e. The maximum Gasteiger partial charge on any atom is 0.338 e. The van der Waals surface area contributed by atoms with Gasteiger partial charge in [0.05, 0.1) is 29.8 Å². The second kappa shape index (κ2) is 11.6. The number of esters is 2. The van der Waals surface area contributed by atoms with Gasteiger partial charge in [-0.15, -0.1) is 0 Å². The Bertz CT molecular complexity index is 1580. The Labute approximate surface area is 246 Å². The summed E-state index contributed by atoms with van der Waals surface area (Å²) in [7, 11) is 3.04. The van der Waals surface area contributed by atoms with Gasteiger partial charge in [-0.2, -0.15) is 0 Å². The molecule has 0 saturated carbocycles. The molecule has 12 nitrogen and oxygen atoms in total. The van der Waals surface area contributed by atoms with Crippen LogP contribution < -0.4 is 5.32 Å². The third-order valence-corrected chi connectivity index (χ3v) is 8.13. The van der Waals surface area contributed by atoms with E-state index in [1.165, 1.54) is 36.4 Å². The Morgan fingerprint density at radius 3 is 2.16 bits per heavy atom. The summed E-state index contributed by atoms with van der Waals surface area (Å²) in [6, 6.07) is 10.8. The predicted molar refractivity (Wildman–Crippen MR) is 150 cm³/mol. The number of ketones is 1. The molecule has 3 aromatic rings. The number of fused-ring (bicyclic) bond motifs is 2. The lowest BCUT2D eigenvalue weighted by Crippen LogP contribution is -2.60. The summed E-state index contributed by atoms with van der Waals surface area (Å²) >= 11 is 0. The molecule has 2 aliphatic rings. The summed E-state index contributed by atoms with van der Waals surface area (Å²) in [6.45, 7) is 0. The van der Waals surface area contributed by atoms with E-state index < -0.39 is 64.2 Å². The van der Waals surface area contributed by atoms with E-state index in [1.807, 2.05) is 7.05 Å². The van der Waals surface area contributed by atoms with Crippen LogP contribution in [0.25, 0.3) is 0 Å². The monoisotopic (exact) mass is 590 g/mol. The van der Waals surface area contributed by atoms with Gasteiger partial charge in [-0.25, -0.2) is 9.59 Å². The topological polar surface area (TPSA) is 183 Å². The van der Waals surface area contributed by atoms with Gasteiger partial charge in [0.2, 0.25) is 5.78 Å². The molecule has 0 radical (unpaired) electrons. The largest absolute Gasteiger partial charge is 0.508 e. The number of nitrogens with zero attached hydrogens (tertiary/aromatic N) is 1. The van der Waals surface area contributed by atoms with Crippen LogP contribution in [-0.4, -0.2) is 87.3 Å². The number of phenolic OH excluding ortho intramolecular Hbond substituents is 4. The fourth-order valence-electron chi connectivity index (χ4n) is 5.93. The molecular weight excluding hydrogens is 560 g/mol. The Kier molecular flexibility index (Phi) is 7.96. The molecule has 5 N–H and O–H groups in total. The van der Waals surface area contributed by atoms with Crippen molar-refractivity contribution in [2.24, 2.45) is 0 Å². The van der Waals surface area contributed by atoms with Crippen molar-refractivity contribution < 1.29 is 49.1 Å². The average Bonchev–Trinajstić information content (AvgIpc) is 3.23. The number of nitrogens with one attached hydrogen (secondary N) is 1. The first-order chi connectivity index (χ1) is 20.5. The standard InChI is InChI=1S/C31H30N2O10/c1-33-17-8-11-20(33)27(32-29(39)15-6-9-18(34)10-7-15)24(14-17)43-30(40)16-12-22(36)26(23(37)13-16)28(38)25-19(31(41)42-2)4-3-5-21(25)35/h3-7,9-10,12-13,17,20,24,27,34-37H,8,11,14H2,1-2H3,(H,32,39). The van der Waals surface area contributed by atoms with Crippen molar-refractivity contribution in [3.05, 3.63) is 82.4 Å². The number of amides is 1. The Morgan fingerprint density at radius 1 is 0.837 bits per heavy atom. The zero-order valence-electron chi connectivity index (χ0n) is 23.3. The maximum absolute atomic E-state index is 13.3. The van der Waals surface area contributed by atoms with E-state index >= 15 is 0 Å². The number of ether oxygens (including phenoxy) is 2. The number of carbonyl (C=O) groups is 4. The molecule has 2 bridgehead atoms. The predicted octanol–water partition coefficient (Wildman–Crippen LogP) is 2.72. The molecular formula is C31H30N2O10. The van der Waals surface area contributed by atoms with Gasteiger partial charge in [0.15, 0.2) is 0 Å². The molecule has 0 aromatic heterocycles. The van der Waals surface area contributed by atoms with Crippen LogP contribution in [0, 0.1) is 0 Å². The minimum atomic E-state index is -1.07. The lowest BCUT2D eigenvalue weighted by Gasteiger charge is -2.42. The summed E-state index contributed by atoms with van der Waals surface area (Å²) in [6.07, 6.45) is 1.31. The first-order valence-corrected chi connectivity index (χ1v) is 13.5. The Hall–Kier alpha value is -5.10. The van der Waals surface area contributed by atoms with Crippen LogP contribution in [-0.2, 0) is 9.47 Å². The molecule has 4 atom stereocenters. The minimum absolute atomic E-state index is 0.0167. The lowest BCUT2D eigenvalue weighted by atomic mass is 9.93. The number of carbonyl (C=O) groups excluding carboxylic acids is 4. The van der Waals surface area contributed by atoms with Crippen LogP contribution in [0.15, 0.2) is 54.6 Å². The van der Waals surface area contributed by atoms with Gasteiger partial charge in [-0.05, 0) is 68.4 Å². The third kappa shape index (κ3) is 5.56. The number of hydrogen-bond acceptors (Lipinski definition) is 11. The molecule has 3 aromatic carbocycles.